The molecule has 2 N–H and O–H groups in total. The summed E-state index contributed by atoms with van der Waals surface area (Å²) < 4.78 is 61.7. The maximum atomic E-state index is 17.5. The molecule has 3 aromatic heterocycles. The number of carbonyl (C=O) groups excluding carboxylic acids is 1. The molecular formula is C38H37ClF3N9O3S. The number of alkyl halides is 1. The van der Waals surface area contributed by atoms with Gasteiger partial charge < -0.3 is 25.0 Å². The minimum atomic E-state index is -0.982. The molecule has 0 spiro atoms. The molecule has 1 amide bonds. The number of hydrogen-bond donors (Lipinski definition) is 1. The number of benzene rings is 2. The summed E-state index contributed by atoms with van der Waals surface area (Å²) in [7, 11) is 0. The van der Waals surface area contributed by atoms with Crippen molar-refractivity contribution < 1.29 is 27.4 Å². The van der Waals surface area contributed by atoms with Crippen molar-refractivity contribution in [2.75, 3.05) is 50.0 Å². The highest BCUT2D eigenvalue weighted by Gasteiger charge is 2.49. The van der Waals surface area contributed by atoms with Crippen molar-refractivity contribution in [3.8, 4) is 29.0 Å². The molecule has 4 aliphatic heterocycles. The van der Waals surface area contributed by atoms with E-state index in [9.17, 15) is 14.4 Å². The number of ether oxygens (including phenoxy) is 2. The summed E-state index contributed by atoms with van der Waals surface area (Å²) in [6.45, 7) is 6.11. The summed E-state index contributed by atoms with van der Waals surface area (Å²) >= 11 is 8.05. The van der Waals surface area contributed by atoms with Gasteiger partial charge in [-0.3, -0.25) is 9.47 Å². The van der Waals surface area contributed by atoms with Gasteiger partial charge >= 0.3 is 12.0 Å². The van der Waals surface area contributed by atoms with Crippen molar-refractivity contribution >= 4 is 60.8 Å². The monoisotopic (exact) mass is 791 g/mol. The van der Waals surface area contributed by atoms with Gasteiger partial charge in [0.2, 0.25) is 0 Å². The second-order valence-electron chi connectivity index (χ2n) is 14.9. The topological polar surface area (TPSA) is 139 Å². The van der Waals surface area contributed by atoms with Crippen LogP contribution >= 0.6 is 22.9 Å². The molecule has 5 aromatic rings. The van der Waals surface area contributed by atoms with E-state index >= 15 is 8.78 Å². The number of halogens is 4. The standard InChI is InChI=1S/C38H37ClF3N9O3S/c1-19-15-48(18-45-19)37(52)50-11-7-25(20(50)2)51-10-4-12-53-32-28-31(46-36(47-35(28)51)54-17-38-8-3-9-49(38)16-21(40)13-38)30(42)27(29(32)39)22-5-6-24(41)33-26(22)23(14-43)34(44)55-33/h5-6,15,18,20-21,25H,3-4,7-13,16-17,44H2,1-2H3/t20-,21-,25-,38+/m1/s1. The van der Waals surface area contributed by atoms with Gasteiger partial charge in [-0.15, -0.1) is 11.3 Å². The van der Waals surface area contributed by atoms with E-state index in [2.05, 4.69) is 19.8 Å². The fourth-order valence-corrected chi connectivity index (χ4v) is 10.4. The van der Waals surface area contributed by atoms with E-state index in [0.29, 0.717) is 44.7 Å². The fraction of sp³-hybridized carbons (Fsp3) is 0.447. The van der Waals surface area contributed by atoms with Crippen LogP contribution in [0.25, 0.3) is 32.1 Å². The number of nitrogens with two attached hydrogens (primary N) is 1. The maximum Gasteiger partial charge on any atom is 0.329 e. The molecule has 17 heteroatoms. The summed E-state index contributed by atoms with van der Waals surface area (Å²) in [5, 5.41) is 10.4. The van der Waals surface area contributed by atoms with E-state index in [-0.39, 0.29) is 90.8 Å². The molecule has 0 aliphatic carbocycles. The van der Waals surface area contributed by atoms with Crippen molar-refractivity contribution in [3.05, 3.63) is 52.6 Å². The Labute approximate surface area is 323 Å². The van der Waals surface area contributed by atoms with E-state index in [0.717, 1.165) is 36.4 Å². The Hall–Kier alpha value is -4.85. The van der Waals surface area contributed by atoms with E-state index in [1.165, 1.54) is 23.0 Å². The first-order valence-electron chi connectivity index (χ1n) is 18.4. The first kappa shape index (κ1) is 35.8. The summed E-state index contributed by atoms with van der Waals surface area (Å²) in [6, 6.07) is 3.75. The molecule has 0 bridgehead atoms. The number of aromatic nitrogens is 4. The molecule has 55 heavy (non-hydrogen) atoms. The number of aryl methyl sites for hydroxylation is 1. The Bertz CT molecular complexity index is 2440. The number of rotatable bonds is 5. The second kappa shape index (κ2) is 13.4. The number of thiophene rings is 1. The highest BCUT2D eigenvalue weighted by atomic mass is 35.5. The number of nitriles is 1. The number of amides is 1. The lowest BCUT2D eigenvalue weighted by atomic mass is 9.95. The number of likely N-dealkylation sites (tertiary alicyclic amines) is 1. The fourth-order valence-electron chi connectivity index (χ4n) is 9.16. The second-order valence-corrected chi connectivity index (χ2v) is 16.3. The molecule has 4 atom stereocenters. The highest BCUT2D eigenvalue weighted by Crippen LogP contribution is 2.51. The molecule has 3 fully saturated rings. The quantitative estimate of drug-likeness (QED) is 0.197. The molecule has 0 saturated carbocycles. The third-order valence-electron chi connectivity index (χ3n) is 11.7. The van der Waals surface area contributed by atoms with Crippen LogP contribution < -0.4 is 20.1 Å². The first-order chi connectivity index (χ1) is 26.5. The van der Waals surface area contributed by atoms with Crippen LogP contribution in [0.1, 0.15) is 50.3 Å². The van der Waals surface area contributed by atoms with Crippen molar-refractivity contribution in [2.24, 2.45) is 0 Å². The van der Waals surface area contributed by atoms with Crippen molar-refractivity contribution in [1.29, 1.82) is 5.26 Å². The number of anilines is 2. The first-order valence-corrected chi connectivity index (χ1v) is 19.6. The van der Waals surface area contributed by atoms with Crippen LogP contribution in [0.5, 0.6) is 11.8 Å². The van der Waals surface area contributed by atoms with Crippen LogP contribution in [0.2, 0.25) is 5.02 Å². The smallest absolute Gasteiger partial charge is 0.329 e. The van der Waals surface area contributed by atoms with Gasteiger partial charge in [0.05, 0.1) is 50.6 Å². The van der Waals surface area contributed by atoms with Crippen LogP contribution in [0.15, 0.2) is 24.7 Å². The Balaban J connectivity index is 1.22. The molecule has 2 aromatic carbocycles. The number of imidazole rings is 1. The molecule has 3 saturated heterocycles. The van der Waals surface area contributed by atoms with Gasteiger partial charge in [0.1, 0.15) is 47.3 Å². The Kier molecular flexibility index (Phi) is 8.74. The average molecular weight is 792 g/mol. The van der Waals surface area contributed by atoms with Crippen molar-refractivity contribution in [2.45, 2.75) is 69.7 Å². The third kappa shape index (κ3) is 5.64. The molecule has 0 unspecified atom stereocenters. The number of hydrogen-bond acceptors (Lipinski definition) is 11. The largest absolute Gasteiger partial charge is 0.491 e. The number of carbonyl (C=O) groups is 1. The van der Waals surface area contributed by atoms with Gasteiger partial charge in [-0.2, -0.15) is 15.2 Å². The van der Waals surface area contributed by atoms with Crippen molar-refractivity contribution in [3.63, 3.8) is 0 Å². The predicted molar refractivity (Wildman–Crippen MR) is 203 cm³/mol. The van der Waals surface area contributed by atoms with Crippen LogP contribution in [-0.2, 0) is 0 Å². The number of nitrogens with zero attached hydrogens (tertiary/aromatic N) is 8. The predicted octanol–water partition coefficient (Wildman–Crippen LogP) is 7.08. The van der Waals surface area contributed by atoms with E-state index in [4.69, 9.17) is 31.8 Å². The molecule has 0 radical (unpaired) electrons. The van der Waals surface area contributed by atoms with Crippen molar-refractivity contribution in [1.82, 2.24) is 29.3 Å². The van der Waals surface area contributed by atoms with E-state index in [1.807, 2.05) is 19.9 Å². The zero-order chi connectivity index (χ0) is 38.3. The Morgan fingerprint density at radius 3 is 2.84 bits per heavy atom. The normalized spacial score (nSPS) is 23.9. The van der Waals surface area contributed by atoms with Gasteiger partial charge in [-0.25, -0.2) is 22.9 Å². The number of nitrogen functional groups attached to an aromatic ring is 1. The van der Waals surface area contributed by atoms with E-state index in [1.54, 1.807) is 11.1 Å². The van der Waals surface area contributed by atoms with Gasteiger partial charge in [-0.05, 0) is 57.7 Å². The molecule has 9 rings (SSSR count). The lowest BCUT2D eigenvalue weighted by molar-refractivity contribution is 0.107. The average Bonchev–Trinajstić information content (AvgIpc) is 3.97. The van der Waals surface area contributed by atoms with E-state index < -0.39 is 23.3 Å². The van der Waals surface area contributed by atoms with Gasteiger partial charge in [-0.1, -0.05) is 17.7 Å². The van der Waals surface area contributed by atoms with Gasteiger partial charge in [0.25, 0.3) is 0 Å². The molecule has 12 nitrogen and oxygen atoms in total. The van der Waals surface area contributed by atoms with Crippen LogP contribution in [0.3, 0.4) is 0 Å². The SMILES string of the molecule is Cc1cn(C(=O)N2CC[C@@H](N3CCCOc4c(Cl)c(-c5ccc(F)c6sc(N)c(C#N)c56)c(F)c5nc(OC[C@@]67CCCN6C[C@H](F)C7)nc3c45)[C@H]2C)cn1. The minimum Gasteiger partial charge on any atom is -0.491 e. The molecule has 286 valence electrons. The molecule has 4 aliphatic rings. The zero-order valence-corrected chi connectivity index (χ0v) is 31.7. The van der Waals surface area contributed by atoms with Crippen LogP contribution in [-0.4, -0.2) is 98.5 Å². The summed E-state index contributed by atoms with van der Waals surface area (Å²) in [5.41, 5.74) is 6.22. The lowest BCUT2D eigenvalue weighted by Crippen LogP contribution is -2.47. The van der Waals surface area contributed by atoms with Gasteiger partial charge in [0, 0.05) is 43.2 Å². The minimum absolute atomic E-state index is 0.00972. The summed E-state index contributed by atoms with van der Waals surface area (Å²) in [5.74, 6) is -1.01. The summed E-state index contributed by atoms with van der Waals surface area (Å²) in [6.07, 6.45) is 5.29. The molecular weight excluding hydrogens is 755 g/mol. The summed E-state index contributed by atoms with van der Waals surface area (Å²) in [4.78, 5) is 33.4. The van der Waals surface area contributed by atoms with Gasteiger partial charge in [0.15, 0.2) is 11.6 Å². The third-order valence-corrected chi connectivity index (χ3v) is 13.1. The zero-order valence-electron chi connectivity index (χ0n) is 30.1. The lowest BCUT2D eigenvalue weighted by Gasteiger charge is -2.36. The van der Waals surface area contributed by atoms with Crippen LogP contribution in [0.4, 0.5) is 28.8 Å². The van der Waals surface area contributed by atoms with Crippen LogP contribution in [0, 0.1) is 29.9 Å². The number of fused-ring (bicyclic) bond motifs is 2. The molecule has 7 heterocycles. The maximum absolute atomic E-state index is 17.5. The Morgan fingerprint density at radius 2 is 2.05 bits per heavy atom. The Morgan fingerprint density at radius 1 is 1.22 bits per heavy atom. The highest BCUT2D eigenvalue weighted by molar-refractivity contribution is 7.23.